The molecule has 0 atom stereocenters. The van der Waals surface area contributed by atoms with E-state index in [0.29, 0.717) is 0 Å². The van der Waals surface area contributed by atoms with Crippen LogP contribution in [0, 0.1) is 0 Å². The van der Waals surface area contributed by atoms with Crippen LogP contribution in [0.4, 0.5) is 11.4 Å². The quantitative estimate of drug-likeness (QED) is 0.218. The first kappa shape index (κ1) is 22.1. The average Bonchev–Trinajstić information content (AvgIpc) is 3.63. The minimum atomic E-state index is 0.988. The van der Waals surface area contributed by atoms with E-state index in [1.165, 1.54) is 54.3 Å². The first-order valence-corrected chi connectivity index (χ1v) is 13.6. The number of hydrogen-bond donors (Lipinski definition) is 0. The van der Waals surface area contributed by atoms with Crippen molar-refractivity contribution in [2.75, 3.05) is 0 Å². The fraction of sp³-hybridized carbons (Fsp3) is 0.118. The standard InChI is InChI=1S/C34H26N2S/c1-21(35-27-11-13-31-25(19-27)17-23-7-3-5-9-29(23)31)33-15-16-34(37-33)22(2)36-28-12-14-32-26(20-28)18-24-8-4-6-10-30(24)32/h3-16,19-20H,17-18H2,1-2H3. The summed E-state index contributed by atoms with van der Waals surface area (Å²) in [5.41, 5.74) is 15.0. The van der Waals surface area contributed by atoms with Crippen LogP contribution in [0.25, 0.3) is 22.3 Å². The molecule has 0 unspecified atom stereocenters. The van der Waals surface area contributed by atoms with Gasteiger partial charge in [0.05, 0.1) is 22.8 Å². The van der Waals surface area contributed by atoms with Crippen molar-refractivity contribution in [3.05, 3.63) is 129 Å². The second-order valence-corrected chi connectivity index (χ2v) is 11.0. The summed E-state index contributed by atoms with van der Waals surface area (Å²) in [4.78, 5) is 12.3. The van der Waals surface area contributed by atoms with Gasteiger partial charge in [0.25, 0.3) is 0 Å². The van der Waals surface area contributed by atoms with E-state index in [0.717, 1.165) is 35.6 Å². The van der Waals surface area contributed by atoms with Crippen LogP contribution < -0.4 is 0 Å². The van der Waals surface area contributed by atoms with E-state index in [1.807, 2.05) is 0 Å². The van der Waals surface area contributed by atoms with Crippen molar-refractivity contribution >= 4 is 34.1 Å². The van der Waals surface area contributed by atoms with E-state index in [1.54, 1.807) is 11.3 Å². The maximum atomic E-state index is 4.97. The summed E-state index contributed by atoms with van der Waals surface area (Å²) in [6, 6.07) is 34.9. The lowest BCUT2D eigenvalue weighted by Crippen LogP contribution is -1.91. The van der Waals surface area contributed by atoms with Crippen LogP contribution >= 0.6 is 11.3 Å². The molecule has 2 nitrogen and oxygen atoms in total. The molecule has 0 saturated heterocycles. The number of aliphatic imine (C=N–C) groups is 2. The zero-order valence-electron chi connectivity index (χ0n) is 21.0. The Bertz CT molecular complexity index is 1620. The van der Waals surface area contributed by atoms with E-state index < -0.39 is 0 Å². The van der Waals surface area contributed by atoms with Crippen LogP contribution in [0.5, 0.6) is 0 Å². The maximum absolute atomic E-state index is 4.97. The lowest BCUT2D eigenvalue weighted by atomic mass is 10.1. The van der Waals surface area contributed by atoms with Crippen molar-refractivity contribution in [2.45, 2.75) is 26.7 Å². The van der Waals surface area contributed by atoms with Gasteiger partial charge in [-0.2, -0.15) is 0 Å². The van der Waals surface area contributed by atoms with Crippen molar-refractivity contribution in [1.29, 1.82) is 0 Å². The predicted molar refractivity (Wildman–Crippen MR) is 157 cm³/mol. The van der Waals surface area contributed by atoms with Crippen LogP contribution in [0.3, 0.4) is 0 Å². The Morgan fingerprint density at radius 3 is 1.43 bits per heavy atom. The van der Waals surface area contributed by atoms with Crippen molar-refractivity contribution in [3.8, 4) is 22.3 Å². The van der Waals surface area contributed by atoms with Gasteiger partial charge in [0, 0.05) is 9.75 Å². The molecule has 1 heterocycles. The average molecular weight is 495 g/mol. The molecule has 0 aliphatic heterocycles. The molecule has 5 aromatic rings. The van der Waals surface area contributed by atoms with Crippen LogP contribution in [0.2, 0.25) is 0 Å². The molecule has 1 aromatic heterocycles. The second kappa shape index (κ2) is 8.79. The van der Waals surface area contributed by atoms with Crippen LogP contribution in [-0.4, -0.2) is 11.4 Å². The van der Waals surface area contributed by atoms with Gasteiger partial charge in [-0.3, -0.25) is 9.98 Å². The SMILES string of the molecule is CC(=Nc1ccc2c(c1)Cc1ccccc1-2)c1ccc(C(C)=Nc2ccc3c(c2)Cc2ccccc2-3)s1. The molecule has 0 bridgehead atoms. The number of rotatable bonds is 4. The highest BCUT2D eigenvalue weighted by Gasteiger charge is 2.19. The molecule has 0 saturated carbocycles. The minimum Gasteiger partial charge on any atom is -0.252 e. The van der Waals surface area contributed by atoms with Gasteiger partial charge in [-0.25, -0.2) is 0 Å². The second-order valence-electron chi connectivity index (χ2n) is 9.91. The Hall–Kier alpha value is -4.08. The molecule has 0 spiro atoms. The van der Waals surface area contributed by atoms with Gasteiger partial charge in [-0.1, -0.05) is 60.7 Å². The lowest BCUT2D eigenvalue weighted by Gasteiger charge is -2.04. The van der Waals surface area contributed by atoms with Crippen molar-refractivity contribution in [3.63, 3.8) is 0 Å². The number of benzene rings is 4. The molecule has 2 aliphatic carbocycles. The Labute approximate surface area is 221 Å². The summed E-state index contributed by atoms with van der Waals surface area (Å²) in [7, 11) is 0. The molecule has 0 radical (unpaired) electrons. The summed E-state index contributed by atoms with van der Waals surface area (Å²) in [6.45, 7) is 4.20. The summed E-state index contributed by atoms with van der Waals surface area (Å²) in [5.74, 6) is 0. The highest BCUT2D eigenvalue weighted by atomic mass is 32.1. The molecule has 3 heteroatoms. The van der Waals surface area contributed by atoms with Gasteiger partial charge in [-0.15, -0.1) is 11.3 Å². The third kappa shape index (κ3) is 3.96. The smallest absolute Gasteiger partial charge is 0.0636 e. The zero-order valence-corrected chi connectivity index (χ0v) is 21.8. The first-order chi connectivity index (χ1) is 18.1. The van der Waals surface area contributed by atoms with E-state index in [4.69, 9.17) is 9.98 Å². The van der Waals surface area contributed by atoms with E-state index in [2.05, 4.69) is 111 Å². The van der Waals surface area contributed by atoms with Gasteiger partial charge in [0.1, 0.15) is 0 Å². The molecule has 2 aliphatic rings. The van der Waals surface area contributed by atoms with Gasteiger partial charge < -0.3 is 0 Å². The Morgan fingerprint density at radius 2 is 0.946 bits per heavy atom. The van der Waals surface area contributed by atoms with Crippen molar-refractivity contribution in [2.24, 2.45) is 9.98 Å². The molecule has 0 N–H and O–H groups in total. The summed E-state index contributed by atoms with van der Waals surface area (Å²) >= 11 is 1.76. The topological polar surface area (TPSA) is 24.7 Å². The molecule has 0 amide bonds. The monoisotopic (exact) mass is 494 g/mol. The maximum Gasteiger partial charge on any atom is 0.0636 e. The molecular formula is C34H26N2S. The highest BCUT2D eigenvalue weighted by Crippen LogP contribution is 2.39. The van der Waals surface area contributed by atoms with Crippen molar-refractivity contribution in [1.82, 2.24) is 0 Å². The van der Waals surface area contributed by atoms with Gasteiger partial charge in [-0.05, 0) is 108 Å². The van der Waals surface area contributed by atoms with Crippen LogP contribution in [0.1, 0.15) is 45.9 Å². The Balaban J connectivity index is 1.11. The Kier molecular flexibility index (Phi) is 5.26. The Morgan fingerprint density at radius 1 is 0.514 bits per heavy atom. The zero-order chi connectivity index (χ0) is 24.9. The molecule has 178 valence electrons. The predicted octanol–water partition coefficient (Wildman–Crippen LogP) is 9.17. The first-order valence-electron chi connectivity index (χ1n) is 12.8. The largest absolute Gasteiger partial charge is 0.252 e. The molecule has 0 fully saturated rings. The van der Waals surface area contributed by atoms with Crippen LogP contribution in [-0.2, 0) is 12.8 Å². The summed E-state index contributed by atoms with van der Waals surface area (Å²) < 4.78 is 0. The van der Waals surface area contributed by atoms with Crippen molar-refractivity contribution < 1.29 is 0 Å². The number of hydrogen-bond acceptors (Lipinski definition) is 3. The molecule has 4 aromatic carbocycles. The molecule has 7 rings (SSSR count). The van der Waals surface area contributed by atoms with E-state index in [9.17, 15) is 0 Å². The summed E-state index contributed by atoms with van der Waals surface area (Å²) in [5, 5.41) is 0. The minimum absolute atomic E-state index is 0.988. The van der Waals surface area contributed by atoms with Gasteiger partial charge >= 0.3 is 0 Å². The van der Waals surface area contributed by atoms with E-state index >= 15 is 0 Å². The van der Waals surface area contributed by atoms with Gasteiger partial charge in [0.15, 0.2) is 0 Å². The number of nitrogens with zero attached hydrogens (tertiary/aromatic N) is 2. The molecular weight excluding hydrogens is 468 g/mol. The fourth-order valence-corrected chi connectivity index (χ4v) is 6.52. The summed E-state index contributed by atoms with van der Waals surface area (Å²) in [6.07, 6.45) is 1.98. The van der Waals surface area contributed by atoms with E-state index in [-0.39, 0.29) is 0 Å². The highest BCUT2D eigenvalue weighted by molar-refractivity contribution is 7.16. The normalized spacial score (nSPS) is 13.8. The fourth-order valence-electron chi connectivity index (χ4n) is 5.63. The number of fused-ring (bicyclic) bond motifs is 6. The third-order valence-electron chi connectivity index (χ3n) is 7.47. The van der Waals surface area contributed by atoms with Gasteiger partial charge in [0.2, 0.25) is 0 Å². The molecule has 37 heavy (non-hydrogen) atoms. The third-order valence-corrected chi connectivity index (χ3v) is 8.77. The number of thiophene rings is 1. The van der Waals surface area contributed by atoms with Crippen LogP contribution in [0.15, 0.2) is 107 Å². The lowest BCUT2D eigenvalue weighted by molar-refractivity contribution is 1.26.